The number of rotatable bonds is 5. The number of nitrogens with zero attached hydrogens (tertiary/aromatic N) is 2. The Morgan fingerprint density at radius 3 is 2.83 bits per heavy atom. The number of imidazole rings is 1. The van der Waals surface area contributed by atoms with Crippen LogP contribution in [-0.4, -0.2) is 26.8 Å². The van der Waals surface area contributed by atoms with Gasteiger partial charge in [0.05, 0.1) is 22.7 Å². The maximum Gasteiger partial charge on any atom is 0.237 e. The van der Waals surface area contributed by atoms with E-state index in [2.05, 4.69) is 10.3 Å². The van der Waals surface area contributed by atoms with E-state index in [9.17, 15) is 4.79 Å². The molecule has 3 rings (SSSR count). The first-order chi connectivity index (χ1) is 11.2. The molecule has 0 bridgehead atoms. The summed E-state index contributed by atoms with van der Waals surface area (Å²) in [5, 5.41) is 3.58. The second-order valence-corrected chi connectivity index (χ2v) is 7.14. The van der Waals surface area contributed by atoms with Gasteiger partial charge in [-0.1, -0.05) is 30.0 Å². The number of thioether (sulfide) groups is 2. The Morgan fingerprint density at radius 2 is 2.00 bits per heavy atom. The van der Waals surface area contributed by atoms with Crippen molar-refractivity contribution in [1.82, 2.24) is 9.38 Å². The summed E-state index contributed by atoms with van der Waals surface area (Å²) in [6.45, 7) is 1.89. The van der Waals surface area contributed by atoms with Crippen LogP contribution in [0.15, 0.2) is 64.9 Å². The molecule has 1 atom stereocenters. The highest BCUT2D eigenvalue weighted by Gasteiger charge is 2.18. The van der Waals surface area contributed by atoms with Gasteiger partial charge in [-0.3, -0.25) is 9.20 Å². The van der Waals surface area contributed by atoms with Crippen LogP contribution in [0.5, 0.6) is 0 Å². The van der Waals surface area contributed by atoms with Gasteiger partial charge in [0.25, 0.3) is 0 Å². The van der Waals surface area contributed by atoms with Gasteiger partial charge in [-0.15, -0.1) is 11.8 Å². The molecule has 0 spiro atoms. The molecule has 6 heteroatoms. The smallest absolute Gasteiger partial charge is 0.237 e. The van der Waals surface area contributed by atoms with E-state index in [0.29, 0.717) is 0 Å². The van der Waals surface area contributed by atoms with E-state index < -0.39 is 0 Å². The molecule has 0 aliphatic rings. The lowest BCUT2D eigenvalue weighted by atomic mass is 10.3. The molecule has 1 unspecified atom stereocenters. The largest absolute Gasteiger partial charge is 0.324 e. The van der Waals surface area contributed by atoms with Gasteiger partial charge in [-0.2, -0.15) is 0 Å². The first-order valence-corrected chi connectivity index (χ1v) is 9.32. The quantitative estimate of drug-likeness (QED) is 0.706. The summed E-state index contributed by atoms with van der Waals surface area (Å²) in [6.07, 6.45) is 5.77. The Morgan fingerprint density at radius 1 is 1.22 bits per heavy atom. The lowest BCUT2D eigenvalue weighted by Crippen LogP contribution is -2.23. The standard InChI is InChI=1S/C17H17N3OS2/c1-12(16(21)19-14-8-3-4-9-15(14)22-2)23-17-18-11-13-7-5-6-10-20(13)17/h3-12H,1-2H3,(H,19,21). The Bertz CT molecular complexity index is 831. The topological polar surface area (TPSA) is 46.4 Å². The number of hydrogen-bond acceptors (Lipinski definition) is 4. The second kappa shape index (κ2) is 7.10. The fourth-order valence-electron chi connectivity index (χ4n) is 2.20. The SMILES string of the molecule is CSc1ccccc1NC(=O)C(C)Sc1ncc2ccccn12. The normalized spacial score (nSPS) is 12.3. The number of aromatic nitrogens is 2. The minimum atomic E-state index is -0.240. The van der Waals surface area contributed by atoms with Crippen LogP contribution < -0.4 is 5.32 Å². The van der Waals surface area contributed by atoms with Gasteiger partial charge < -0.3 is 5.32 Å². The van der Waals surface area contributed by atoms with E-state index in [1.807, 2.05) is 72.4 Å². The third-order valence-electron chi connectivity index (χ3n) is 3.42. The molecule has 23 heavy (non-hydrogen) atoms. The average Bonchev–Trinajstić information content (AvgIpc) is 2.98. The highest BCUT2D eigenvalue weighted by molar-refractivity contribution is 8.00. The zero-order chi connectivity index (χ0) is 16.2. The van der Waals surface area contributed by atoms with Crippen molar-refractivity contribution in [3.63, 3.8) is 0 Å². The summed E-state index contributed by atoms with van der Waals surface area (Å²) in [5.74, 6) is -0.0239. The number of benzene rings is 1. The molecule has 0 fully saturated rings. The first-order valence-electron chi connectivity index (χ1n) is 7.21. The predicted molar refractivity (Wildman–Crippen MR) is 97.4 cm³/mol. The fraction of sp³-hybridized carbons (Fsp3) is 0.176. The maximum atomic E-state index is 12.5. The molecular formula is C17H17N3OS2. The van der Waals surface area contributed by atoms with Gasteiger partial charge in [-0.25, -0.2) is 4.98 Å². The molecule has 0 aliphatic carbocycles. The van der Waals surface area contributed by atoms with Gasteiger partial charge in [0.15, 0.2) is 5.16 Å². The second-order valence-electron chi connectivity index (χ2n) is 4.99. The van der Waals surface area contributed by atoms with Crippen LogP contribution >= 0.6 is 23.5 Å². The molecule has 3 aromatic rings. The number of carbonyl (C=O) groups is 1. The summed E-state index contributed by atoms with van der Waals surface area (Å²) < 4.78 is 1.99. The van der Waals surface area contributed by atoms with Crippen molar-refractivity contribution in [2.75, 3.05) is 11.6 Å². The average molecular weight is 343 g/mol. The van der Waals surface area contributed by atoms with Gasteiger partial charge in [0.1, 0.15) is 0 Å². The zero-order valence-corrected chi connectivity index (χ0v) is 14.5. The summed E-state index contributed by atoms with van der Waals surface area (Å²) in [6, 6.07) is 13.7. The summed E-state index contributed by atoms with van der Waals surface area (Å²) in [5.41, 5.74) is 1.88. The number of carbonyl (C=O) groups excluding carboxylic acids is 1. The van der Waals surface area contributed by atoms with E-state index >= 15 is 0 Å². The van der Waals surface area contributed by atoms with Crippen LogP contribution in [0.2, 0.25) is 0 Å². The minimum Gasteiger partial charge on any atom is -0.324 e. The van der Waals surface area contributed by atoms with Crippen LogP contribution in [0.3, 0.4) is 0 Å². The molecule has 1 N–H and O–H groups in total. The van der Waals surface area contributed by atoms with Crippen LogP contribution in [0.25, 0.3) is 5.52 Å². The minimum absolute atomic E-state index is 0.0239. The van der Waals surface area contributed by atoms with Crippen molar-refractivity contribution in [3.05, 3.63) is 54.9 Å². The third kappa shape index (κ3) is 3.54. The van der Waals surface area contributed by atoms with Gasteiger partial charge in [-0.05, 0) is 37.4 Å². The highest BCUT2D eigenvalue weighted by atomic mass is 32.2. The molecule has 0 saturated carbocycles. The lowest BCUT2D eigenvalue weighted by Gasteiger charge is -2.13. The summed E-state index contributed by atoms with van der Waals surface area (Å²) in [4.78, 5) is 17.9. The molecule has 118 valence electrons. The van der Waals surface area contributed by atoms with E-state index in [-0.39, 0.29) is 11.2 Å². The molecule has 0 saturated heterocycles. The number of fused-ring (bicyclic) bond motifs is 1. The van der Waals surface area contributed by atoms with E-state index in [1.165, 1.54) is 11.8 Å². The Hall–Kier alpha value is -1.92. The Balaban J connectivity index is 1.73. The van der Waals surface area contributed by atoms with Gasteiger partial charge in [0.2, 0.25) is 5.91 Å². The molecule has 0 aliphatic heterocycles. The Labute approximate surface area is 143 Å². The van der Waals surface area contributed by atoms with Crippen molar-refractivity contribution in [3.8, 4) is 0 Å². The van der Waals surface area contributed by atoms with Crippen LogP contribution in [0.4, 0.5) is 5.69 Å². The summed E-state index contributed by atoms with van der Waals surface area (Å²) >= 11 is 3.07. The molecule has 1 aromatic carbocycles. The number of pyridine rings is 1. The maximum absolute atomic E-state index is 12.5. The monoisotopic (exact) mass is 343 g/mol. The lowest BCUT2D eigenvalue weighted by molar-refractivity contribution is -0.115. The first kappa shape index (κ1) is 16.0. The van der Waals surface area contributed by atoms with Crippen molar-refractivity contribution in [1.29, 1.82) is 0 Å². The van der Waals surface area contributed by atoms with E-state index in [1.54, 1.807) is 11.8 Å². The van der Waals surface area contributed by atoms with Crippen molar-refractivity contribution in [2.24, 2.45) is 0 Å². The molecule has 4 nitrogen and oxygen atoms in total. The van der Waals surface area contributed by atoms with Crippen molar-refractivity contribution < 1.29 is 4.79 Å². The summed E-state index contributed by atoms with van der Waals surface area (Å²) in [7, 11) is 0. The van der Waals surface area contributed by atoms with Crippen molar-refractivity contribution >= 4 is 40.6 Å². The van der Waals surface area contributed by atoms with E-state index in [4.69, 9.17) is 0 Å². The number of nitrogens with one attached hydrogen (secondary N) is 1. The van der Waals surface area contributed by atoms with E-state index in [0.717, 1.165) is 21.3 Å². The number of anilines is 1. The molecule has 1 amide bonds. The fourth-order valence-corrected chi connectivity index (χ4v) is 3.63. The Kier molecular flexibility index (Phi) is 4.93. The molecular weight excluding hydrogens is 326 g/mol. The van der Waals surface area contributed by atoms with Crippen LogP contribution in [0.1, 0.15) is 6.92 Å². The number of para-hydroxylation sites is 1. The van der Waals surface area contributed by atoms with Crippen molar-refractivity contribution in [2.45, 2.75) is 22.2 Å². The molecule has 2 aromatic heterocycles. The van der Waals surface area contributed by atoms with Gasteiger partial charge in [0, 0.05) is 11.1 Å². The molecule has 0 radical (unpaired) electrons. The van der Waals surface area contributed by atoms with Crippen LogP contribution in [-0.2, 0) is 4.79 Å². The highest BCUT2D eigenvalue weighted by Crippen LogP contribution is 2.27. The van der Waals surface area contributed by atoms with Crippen LogP contribution in [0, 0.1) is 0 Å². The third-order valence-corrected chi connectivity index (χ3v) is 5.30. The van der Waals surface area contributed by atoms with Gasteiger partial charge >= 0.3 is 0 Å². The molecule has 2 heterocycles. The number of amides is 1. The predicted octanol–water partition coefficient (Wildman–Crippen LogP) is 4.18. The zero-order valence-electron chi connectivity index (χ0n) is 12.9. The number of hydrogen-bond donors (Lipinski definition) is 1.